The van der Waals surface area contributed by atoms with Crippen LogP contribution in [0.5, 0.6) is 0 Å². The fourth-order valence-corrected chi connectivity index (χ4v) is 4.35. The van der Waals surface area contributed by atoms with Crippen molar-refractivity contribution in [3.05, 3.63) is 59.7 Å². The van der Waals surface area contributed by atoms with Crippen molar-refractivity contribution in [1.82, 2.24) is 29.7 Å². The van der Waals surface area contributed by atoms with Gasteiger partial charge in [0.15, 0.2) is 5.65 Å². The van der Waals surface area contributed by atoms with Crippen LogP contribution >= 0.6 is 0 Å². The minimum atomic E-state index is -0.714. The summed E-state index contributed by atoms with van der Waals surface area (Å²) in [5.74, 6) is -0.965. The van der Waals surface area contributed by atoms with Gasteiger partial charge in [0.1, 0.15) is 28.9 Å². The number of ether oxygens (including phenoxy) is 1. The molecule has 0 amide bonds. The topological polar surface area (TPSA) is 81.9 Å². The number of halogens is 2. The van der Waals surface area contributed by atoms with E-state index >= 15 is 0 Å². The molecule has 4 aromatic rings. The number of rotatable bonds is 4. The second kappa shape index (κ2) is 8.05. The zero-order chi connectivity index (χ0) is 23.4. The summed E-state index contributed by atoms with van der Waals surface area (Å²) in [5, 5.41) is 4.49. The summed E-state index contributed by atoms with van der Waals surface area (Å²) in [7, 11) is 0. The van der Waals surface area contributed by atoms with E-state index in [4.69, 9.17) is 9.72 Å². The minimum Gasteiger partial charge on any atom is -0.367 e. The number of anilines is 1. The van der Waals surface area contributed by atoms with Crippen molar-refractivity contribution in [2.45, 2.75) is 44.9 Å². The highest BCUT2D eigenvalue weighted by atomic mass is 19.1. The quantitative estimate of drug-likeness (QED) is 0.449. The number of fused-ring (bicyclic) bond motifs is 1. The van der Waals surface area contributed by atoms with Gasteiger partial charge in [-0.15, -0.1) is 0 Å². The van der Waals surface area contributed by atoms with Crippen LogP contribution in [0.15, 0.2) is 36.8 Å². The lowest BCUT2D eigenvalue weighted by Gasteiger charge is -2.36. The van der Waals surface area contributed by atoms with Crippen LogP contribution in [0, 0.1) is 18.6 Å². The van der Waals surface area contributed by atoms with Crippen LogP contribution in [0.25, 0.3) is 22.4 Å². The highest BCUT2D eigenvalue weighted by molar-refractivity contribution is 5.88. The molecular weight excluding hydrogens is 440 g/mol. The number of hydrogen-bond donors (Lipinski definition) is 0. The van der Waals surface area contributed by atoms with Gasteiger partial charge in [0.05, 0.1) is 30.6 Å². The monoisotopic (exact) mass is 463 g/mol. The Kier molecular flexibility index (Phi) is 4.98. The number of nitrogens with zero attached hydrogens (tertiary/aromatic N) is 7. The molecule has 1 aliphatic heterocycles. The van der Waals surface area contributed by atoms with Gasteiger partial charge in [-0.1, -0.05) is 0 Å². The maximum atomic E-state index is 14.7. The summed E-state index contributed by atoms with van der Waals surface area (Å²) in [6, 6.07) is 3.91. The molecular formula is C24H23F2N7O. The van der Waals surface area contributed by atoms with E-state index in [0.29, 0.717) is 41.9 Å². The molecule has 1 aromatic carbocycles. The summed E-state index contributed by atoms with van der Waals surface area (Å²) >= 11 is 0. The Bertz CT molecular complexity index is 1390. The van der Waals surface area contributed by atoms with E-state index < -0.39 is 11.6 Å². The maximum Gasteiger partial charge on any atom is 0.228 e. The molecule has 2 atom stereocenters. The zero-order valence-corrected chi connectivity index (χ0v) is 18.8. The summed E-state index contributed by atoms with van der Waals surface area (Å²) in [5.41, 5.74) is 2.84. The van der Waals surface area contributed by atoms with Gasteiger partial charge >= 0.3 is 0 Å². The average molecular weight is 463 g/mol. The van der Waals surface area contributed by atoms with Crippen molar-refractivity contribution in [2.75, 3.05) is 18.0 Å². The molecule has 1 saturated carbocycles. The molecule has 8 nitrogen and oxygen atoms in total. The third-order valence-corrected chi connectivity index (χ3v) is 6.16. The molecule has 0 N–H and O–H groups in total. The molecule has 34 heavy (non-hydrogen) atoms. The SMILES string of the molecule is Cc1cnc2c(-c3ccc(F)cc3F)nc(N3C[C@@H](C)O[C@H](c4cnn(C5CC5)c4)C3)nc2n1. The van der Waals surface area contributed by atoms with Crippen molar-refractivity contribution >= 4 is 17.1 Å². The van der Waals surface area contributed by atoms with Gasteiger partial charge in [-0.3, -0.25) is 4.68 Å². The average Bonchev–Trinajstić information content (AvgIpc) is 3.54. The van der Waals surface area contributed by atoms with Crippen molar-refractivity contribution in [3.8, 4) is 11.3 Å². The van der Waals surface area contributed by atoms with Crippen LogP contribution in [0.1, 0.15) is 43.2 Å². The first-order chi connectivity index (χ1) is 16.4. The molecule has 0 radical (unpaired) electrons. The smallest absolute Gasteiger partial charge is 0.228 e. The van der Waals surface area contributed by atoms with E-state index in [0.717, 1.165) is 24.5 Å². The van der Waals surface area contributed by atoms with E-state index in [1.807, 2.05) is 35.8 Å². The van der Waals surface area contributed by atoms with Crippen LogP contribution in [0.4, 0.5) is 14.7 Å². The normalized spacial score (nSPS) is 20.8. The van der Waals surface area contributed by atoms with E-state index in [1.165, 1.54) is 12.1 Å². The Morgan fingerprint density at radius 2 is 1.91 bits per heavy atom. The fraction of sp³-hybridized carbons (Fsp3) is 0.375. The third-order valence-electron chi connectivity index (χ3n) is 6.16. The van der Waals surface area contributed by atoms with Gasteiger partial charge in [-0.25, -0.2) is 23.7 Å². The largest absolute Gasteiger partial charge is 0.367 e. The number of morpholine rings is 1. The van der Waals surface area contributed by atoms with Gasteiger partial charge in [-0.05, 0) is 38.8 Å². The Labute approximate surface area is 194 Å². The fourth-order valence-electron chi connectivity index (χ4n) is 4.35. The van der Waals surface area contributed by atoms with Gasteiger partial charge < -0.3 is 9.64 Å². The minimum absolute atomic E-state index is 0.0862. The first kappa shape index (κ1) is 21.0. The molecule has 174 valence electrons. The third kappa shape index (κ3) is 3.87. The van der Waals surface area contributed by atoms with Crippen molar-refractivity contribution in [3.63, 3.8) is 0 Å². The molecule has 0 bridgehead atoms. The van der Waals surface area contributed by atoms with Gasteiger partial charge in [0.25, 0.3) is 0 Å². The molecule has 6 rings (SSSR count). The van der Waals surface area contributed by atoms with Crippen LogP contribution < -0.4 is 4.90 Å². The van der Waals surface area contributed by atoms with Gasteiger partial charge in [-0.2, -0.15) is 10.1 Å². The Morgan fingerprint density at radius 3 is 2.71 bits per heavy atom. The number of aromatic nitrogens is 6. The van der Waals surface area contributed by atoms with Crippen molar-refractivity contribution in [2.24, 2.45) is 0 Å². The number of benzene rings is 1. The Morgan fingerprint density at radius 1 is 1.06 bits per heavy atom. The molecule has 1 saturated heterocycles. The summed E-state index contributed by atoms with van der Waals surface area (Å²) in [6.45, 7) is 4.88. The highest BCUT2D eigenvalue weighted by Gasteiger charge is 2.31. The van der Waals surface area contributed by atoms with Crippen molar-refractivity contribution < 1.29 is 13.5 Å². The van der Waals surface area contributed by atoms with Gasteiger partial charge in [0, 0.05) is 36.1 Å². The molecule has 1 aliphatic carbocycles. The summed E-state index contributed by atoms with van der Waals surface area (Å²) in [6.07, 6.45) is 7.51. The lowest BCUT2D eigenvalue weighted by Crippen LogP contribution is -2.43. The standard InChI is InChI=1S/C24H23F2N7O/c1-13-8-27-22-21(18-6-3-16(25)7-19(18)26)30-24(31-23(22)29-13)32-10-14(2)34-20(12-32)15-9-28-33(11-15)17-4-5-17/h3,6-9,11,14,17,20H,4-5,10,12H2,1-2H3/t14-,20+/m1/s1. The first-order valence-electron chi connectivity index (χ1n) is 11.4. The molecule has 0 spiro atoms. The predicted octanol–water partition coefficient (Wildman–Crippen LogP) is 4.17. The molecule has 10 heteroatoms. The summed E-state index contributed by atoms with van der Waals surface area (Å²) < 4.78 is 36.5. The number of hydrogen-bond acceptors (Lipinski definition) is 7. The molecule has 4 heterocycles. The van der Waals surface area contributed by atoms with E-state index in [1.54, 1.807) is 6.20 Å². The Balaban J connectivity index is 1.41. The van der Waals surface area contributed by atoms with Crippen LogP contribution in [-0.4, -0.2) is 48.9 Å². The highest BCUT2D eigenvalue weighted by Crippen LogP contribution is 2.36. The molecule has 0 unspecified atom stereocenters. The maximum absolute atomic E-state index is 14.7. The number of aryl methyl sites for hydroxylation is 1. The van der Waals surface area contributed by atoms with E-state index in [2.05, 4.69) is 20.1 Å². The Hall–Kier alpha value is -3.53. The van der Waals surface area contributed by atoms with E-state index in [9.17, 15) is 8.78 Å². The van der Waals surface area contributed by atoms with Crippen LogP contribution in [-0.2, 0) is 4.74 Å². The van der Waals surface area contributed by atoms with Crippen molar-refractivity contribution in [1.29, 1.82) is 0 Å². The molecule has 2 aliphatic rings. The lowest BCUT2D eigenvalue weighted by atomic mass is 10.1. The molecule has 3 aromatic heterocycles. The van der Waals surface area contributed by atoms with Crippen LogP contribution in [0.2, 0.25) is 0 Å². The van der Waals surface area contributed by atoms with E-state index in [-0.39, 0.29) is 23.5 Å². The van der Waals surface area contributed by atoms with Crippen LogP contribution in [0.3, 0.4) is 0 Å². The summed E-state index contributed by atoms with van der Waals surface area (Å²) in [4.78, 5) is 20.3. The first-order valence-corrected chi connectivity index (χ1v) is 11.4. The lowest BCUT2D eigenvalue weighted by molar-refractivity contribution is -0.0178. The second-order valence-electron chi connectivity index (χ2n) is 9.01. The predicted molar refractivity (Wildman–Crippen MR) is 121 cm³/mol. The zero-order valence-electron chi connectivity index (χ0n) is 18.8. The molecule has 2 fully saturated rings. The van der Waals surface area contributed by atoms with Gasteiger partial charge in [0.2, 0.25) is 5.95 Å². The second-order valence-corrected chi connectivity index (χ2v) is 9.01.